The minimum absolute atomic E-state index is 0.0666. The van der Waals surface area contributed by atoms with Crippen LogP contribution in [0.25, 0.3) is 17.1 Å². The van der Waals surface area contributed by atoms with Crippen LogP contribution in [0.1, 0.15) is 20.8 Å². The molecule has 0 saturated heterocycles. The van der Waals surface area contributed by atoms with Crippen molar-refractivity contribution in [1.29, 1.82) is 0 Å². The summed E-state index contributed by atoms with van der Waals surface area (Å²) >= 11 is 1.33. The number of nitrogens with one attached hydrogen (secondary N) is 1. The molecule has 34 heavy (non-hydrogen) atoms. The number of ether oxygens (including phenoxy) is 4. The second-order valence-electron chi connectivity index (χ2n) is 7.14. The smallest absolute Gasteiger partial charge is 0.233 e. The van der Waals surface area contributed by atoms with E-state index < -0.39 is 0 Å². The lowest BCUT2D eigenvalue weighted by atomic mass is 10.1. The zero-order valence-electron chi connectivity index (χ0n) is 20.2. The Hall–Kier alpha value is -3.40. The first-order chi connectivity index (χ1) is 16.5. The highest BCUT2D eigenvalue weighted by atomic mass is 32.2. The van der Waals surface area contributed by atoms with Gasteiger partial charge in [-0.1, -0.05) is 11.8 Å². The molecule has 1 heterocycles. The zero-order chi connectivity index (χ0) is 24.7. The Kier molecular flexibility index (Phi) is 8.64. The van der Waals surface area contributed by atoms with Crippen molar-refractivity contribution in [3.63, 3.8) is 0 Å². The Morgan fingerprint density at radius 2 is 1.68 bits per heavy atom. The van der Waals surface area contributed by atoms with Crippen LogP contribution in [0.15, 0.2) is 41.6 Å². The molecule has 0 spiro atoms. The van der Waals surface area contributed by atoms with Gasteiger partial charge < -0.3 is 24.3 Å². The number of thioether (sulfide) groups is 1. The molecule has 3 rings (SSSR count). The Bertz CT molecular complexity index is 1090. The topological polar surface area (TPSA) is 96.7 Å². The van der Waals surface area contributed by atoms with Crippen LogP contribution in [0, 0.1) is 0 Å². The summed E-state index contributed by atoms with van der Waals surface area (Å²) in [4.78, 5) is 12.4. The third-order valence-corrected chi connectivity index (χ3v) is 6.01. The van der Waals surface area contributed by atoms with E-state index in [2.05, 4.69) is 15.5 Å². The van der Waals surface area contributed by atoms with Crippen LogP contribution in [-0.2, 0) is 4.79 Å². The van der Waals surface area contributed by atoms with Gasteiger partial charge in [0.05, 0.1) is 33.2 Å². The number of carbonyl (C=O) groups excluding carboxylic acids is 1. The molecule has 9 nitrogen and oxygen atoms in total. The SMILES string of the molecule is CCNC(=O)C(C)Sc1nnc(-c2cc(OC)c(OC)c(OC)c2)n1-c1ccc(OCC)cc1. The lowest BCUT2D eigenvalue weighted by Crippen LogP contribution is -2.30. The van der Waals surface area contributed by atoms with Crippen LogP contribution in [-0.4, -0.2) is 60.4 Å². The van der Waals surface area contributed by atoms with Crippen molar-refractivity contribution < 1.29 is 23.7 Å². The van der Waals surface area contributed by atoms with Gasteiger partial charge in [-0.3, -0.25) is 9.36 Å². The Morgan fingerprint density at radius 3 is 2.21 bits per heavy atom. The van der Waals surface area contributed by atoms with Crippen molar-refractivity contribution in [2.24, 2.45) is 0 Å². The lowest BCUT2D eigenvalue weighted by molar-refractivity contribution is -0.120. The highest BCUT2D eigenvalue weighted by Crippen LogP contribution is 2.42. The summed E-state index contributed by atoms with van der Waals surface area (Å²) in [7, 11) is 4.68. The standard InChI is InChI=1S/C24H30N4O5S/c1-7-25-23(29)15(3)34-24-27-26-22(28(24)17-9-11-18(12-10-17)33-8-2)16-13-19(30-4)21(32-6)20(14-16)31-5/h9-15H,7-8H2,1-6H3,(H,25,29). The molecule has 0 saturated carbocycles. The van der Waals surface area contributed by atoms with Crippen molar-refractivity contribution in [3.05, 3.63) is 36.4 Å². The minimum atomic E-state index is -0.363. The number of carbonyl (C=O) groups is 1. The number of hydrogen-bond donors (Lipinski definition) is 1. The Labute approximate surface area is 203 Å². The fraction of sp³-hybridized carbons (Fsp3) is 0.375. The van der Waals surface area contributed by atoms with E-state index in [0.717, 1.165) is 11.4 Å². The summed E-state index contributed by atoms with van der Waals surface area (Å²) < 4.78 is 24.0. The molecule has 1 aromatic heterocycles. The molecular weight excluding hydrogens is 456 g/mol. The number of benzene rings is 2. The van der Waals surface area contributed by atoms with Crippen molar-refractivity contribution >= 4 is 17.7 Å². The number of hydrogen-bond acceptors (Lipinski definition) is 8. The van der Waals surface area contributed by atoms with Crippen LogP contribution in [0.4, 0.5) is 0 Å². The second kappa shape index (κ2) is 11.6. The molecule has 0 bridgehead atoms. The van der Waals surface area contributed by atoms with E-state index in [1.807, 2.05) is 61.7 Å². The zero-order valence-corrected chi connectivity index (χ0v) is 21.1. The summed E-state index contributed by atoms with van der Waals surface area (Å²) in [6.45, 7) is 6.81. The van der Waals surface area contributed by atoms with E-state index in [1.54, 1.807) is 21.3 Å². The molecule has 0 fully saturated rings. The van der Waals surface area contributed by atoms with E-state index in [9.17, 15) is 4.79 Å². The van der Waals surface area contributed by atoms with Crippen LogP contribution < -0.4 is 24.3 Å². The van der Waals surface area contributed by atoms with Gasteiger partial charge in [0.25, 0.3) is 0 Å². The molecule has 10 heteroatoms. The van der Waals surface area contributed by atoms with Crippen LogP contribution in [0.3, 0.4) is 0 Å². The summed E-state index contributed by atoms with van der Waals surface area (Å²) in [5.74, 6) is 2.75. The number of rotatable bonds is 11. The van der Waals surface area contributed by atoms with E-state index in [0.29, 0.717) is 46.9 Å². The molecule has 182 valence electrons. The maximum atomic E-state index is 12.4. The molecule has 0 aliphatic carbocycles. The second-order valence-corrected chi connectivity index (χ2v) is 8.45. The van der Waals surface area contributed by atoms with E-state index in [-0.39, 0.29) is 11.2 Å². The third kappa shape index (κ3) is 5.39. The molecule has 0 radical (unpaired) electrons. The molecule has 1 unspecified atom stereocenters. The maximum absolute atomic E-state index is 12.4. The Morgan fingerprint density at radius 1 is 1.03 bits per heavy atom. The van der Waals surface area contributed by atoms with Crippen LogP contribution in [0.2, 0.25) is 0 Å². The predicted octanol–water partition coefficient (Wildman–Crippen LogP) is 3.98. The first-order valence-electron chi connectivity index (χ1n) is 10.9. The van der Waals surface area contributed by atoms with Crippen molar-refractivity contribution in [1.82, 2.24) is 20.1 Å². The van der Waals surface area contributed by atoms with Gasteiger partial charge in [0.1, 0.15) is 5.75 Å². The summed E-state index contributed by atoms with van der Waals surface area (Å²) in [6.07, 6.45) is 0. The summed E-state index contributed by atoms with van der Waals surface area (Å²) in [6, 6.07) is 11.3. The number of methoxy groups -OCH3 is 3. The third-order valence-electron chi connectivity index (χ3n) is 4.96. The fourth-order valence-corrected chi connectivity index (χ4v) is 4.26. The fourth-order valence-electron chi connectivity index (χ4n) is 3.36. The molecular formula is C24H30N4O5S. The van der Waals surface area contributed by atoms with Gasteiger partial charge in [-0.05, 0) is 57.2 Å². The maximum Gasteiger partial charge on any atom is 0.233 e. The van der Waals surface area contributed by atoms with Crippen LogP contribution in [0.5, 0.6) is 23.0 Å². The van der Waals surface area contributed by atoms with Gasteiger partial charge in [0, 0.05) is 17.8 Å². The average molecular weight is 487 g/mol. The predicted molar refractivity (Wildman–Crippen MR) is 132 cm³/mol. The normalized spacial score (nSPS) is 11.6. The Balaban J connectivity index is 2.14. The molecule has 0 aliphatic heterocycles. The van der Waals surface area contributed by atoms with Gasteiger partial charge in [-0.25, -0.2) is 0 Å². The molecule has 1 N–H and O–H groups in total. The van der Waals surface area contributed by atoms with Gasteiger partial charge in [-0.2, -0.15) is 0 Å². The first kappa shape index (κ1) is 25.2. The van der Waals surface area contributed by atoms with Gasteiger partial charge >= 0.3 is 0 Å². The number of aromatic nitrogens is 3. The molecule has 0 aliphatic rings. The number of amides is 1. The summed E-state index contributed by atoms with van der Waals surface area (Å²) in [5.41, 5.74) is 1.54. The summed E-state index contributed by atoms with van der Waals surface area (Å²) in [5, 5.41) is 11.9. The van der Waals surface area contributed by atoms with Gasteiger partial charge in [-0.15, -0.1) is 10.2 Å². The highest BCUT2D eigenvalue weighted by molar-refractivity contribution is 8.00. The number of nitrogens with zero attached hydrogens (tertiary/aromatic N) is 3. The largest absolute Gasteiger partial charge is 0.494 e. The molecule has 3 aromatic rings. The van der Waals surface area contributed by atoms with Crippen molar-refractivity contribution in [2.75, 3.05) is 34.5 Å². The molecule has 2 aromatic carbocycles. The quantitative estimate of drug-likeness (QED) is 0.407. The van der Waals surface area contributed by atoms with Gasteiger partial charge in [0.2, 0.25) is 11.7 Å². The monoisotopic (exact) mass is 486 g/mol. The van der Waals surface area contributed by atoms with Crippen molar-refractivity contribution in [3.8, 4) is 40.1 Å². The van der Waals surface area contributed by atoms with Crippen LogP contribution >= 0.6 is 11.8 Å². The average Bonchev–Trinajstić information content (AvgIpc) is 3.27. The van der Waals surface area contributed by atoms with E-state index >= 15 is 0 Å². The molecule has 1 atom stereocenters. The first-order valence-corrected chi connectivity index (χ1v) is 11.8. The lowest BCUT2D eigenvalue weighted by Gasteiger charge is -2.16. The molecule has 1 amide bonds. The van der Waals surface area contributed by atoms with Gasteiger partial charge in [0.15, 0.2) is 22.5 Å². The van der Waals surface area contributed by atoms with E-state index in [1.165, 1.54) is 11.8 Å². The van der Waals surface area contributed by atoms with Crippen molar-refractivity contribution in [2.45, 2.75) is 31.2 Å². The highest BCUT2D eigenvalue weighted by Gasteiger charge is 2.23. The van der Waals surface area contributed by atoms with E-state index in [4.69, 9.17) is 18.9 Å². The minimum Gasteiger partial charge on any atom is -0.494 e.